The zero-order valence-corrected chi connectivity index (χ0v) is 20.4. The van der Waals surface area contributed by atoms with Crippen molar-refractivity contribution in [2.24, 2.45) is 7.05 Å². The molecule has 0 fully saturated rings. The minimum Gasteiger partial charge on any atom is -0.373 e. The van der Waals surface area contributed by atoms with Crippen LogP contribution in [0.5, 0.6) is 0 Å². The van der Waals surface area contributed by atoms with E-state index >= 15 is 0 Å². The van der Waals surface area contributed by atoms with E-state index in [1.165, 1.54) is 24.4 Å². The second-order valence-corrected chi connectivity index (χ2v) is 8.89. The molecule has 5 aromatic rings. The molecule has 1 atom stereocenters. The van der Waals surface area contributed by atoms with Gasteiger partial charge >= 0.3 is 0 Å². The molecule has 0 amide bonds. The van der Waals surface area contributed by atoms with Gasteiger partial charge in [0.15, 0.2) is 0 Å². The fourth-order valence-corrected chi connectivity index (χ4v) is 4.37. The van der Waals surface area contributed by atoms with Crippen LogP contribution in [0.3, 0.4) is 0 Å². The van der Waals surface area contributed by atoms with Gasteiger partial charge in [0.05, 0.1) is 39.1 Å². The number of aryl methyl sites for hydroxylation is 1. The molecular formula is C26H18Cl2FN7. The van der Waals surface area contributed by atoms with Crippen molar-refractivity contribution < 1.29 is 4.39 Å². The van der Waals surface area contributed by atoms with Gasteiger partial charge in [-0.1, -0.05) is 58.7 Å². The Hall–Kier alpha value is -4.19. The summed E-state index contributed by atoms with van der Waals surface area (Å²) >= 11 is 12.6. The van der Waals surface area contributed by atoms with E-state index in [0.29, 0.717) is 38.6 Å². The first kappa shape index (κ1) is 23.5. The predicted octanol–water partition coefficient (Wildman–Crippen LogP) is 6.63. The highest BCUT2D eigenvalue weighted by atomic mass is 35.5. The van der Waals surface area contributed by atoms with Crippen molar-refractivity contribution in [3.63, 3.8) is 0 Å². The number of hydrogen-bond donors (Lipinski definition) is 2. The summed E-state index contributed by atoms with van der Waals surface area (Å²) in [5.41, 5.74) is 4.19. The molecule has 0 radical (unpaired) electrons. The van der Waals surface area contributed by atoms with Crippen molar-refractivity contribution in [2.45, 2.75) is 6.04 Å². The molecule has 5 rings (SSSR count). The molecule has 178 valence electrons. The molecule has 2 N–H and O–H groups in total. The monoisotopic (exact) mass is 517 g/mol. The zero-order chi connectivity index (χ0) is 25.2. The van der Waals surface area contributed by atoms with E-state index in [-0.39, 0.29) is 11.1 Å². The first-order valence-corrected chi connectivity index (χ1v) is 11.6. The van der Waals surface area contributed by atoms with Crippen LogP contribution in [0.2, 0.25) is 10.0 Å². The SMILES string of the molecule is Cn1cc(C(Nc2cc(Cl)c3ncc(C#N)c(Nc4ccc(F)c(Cl)c4)c3c2)c2ccccc2)nn1. The molecular weight excluding hydrogens is 500 g/mol. The number of nitriles is 1. The van der Waals surface area contributed by atoms with Crippen molar-refractivity contribution >= 4 is 51.2 Å². The van der Waals surface area contributed by atoms with Crippen molar-refractivity contribution in [1.82, 2.24) is 20.0 Å². The maximum Gasteiger partial charge on any atom is 0.141 e. The van der Waals surface area contributed by atoms with E-state index in [1.54, 1.807) is 17.8 Å². The van der Waals surface area contributed by atoms with Crippen LogP contribution in [0.25, 0.3) is 10.9 Å². The molecule has 0 spiro atoms. The summed E-state index contributed by atoms with van der Waals surface area (Å²) in [6.45, 7) is 0. The third kappa shape index (κ3) is 4.67. The molecule has 36 heavy (non-hydrogen) atoms. The Morgan fingerprint density at radius 1 is 1.03 bits per heavy atom. The average Bonchev–Trinajstić information content (AvgIpc) is 3.31. The fourth-order valence-electron chi connectivity index (χ4n) is 3.92. The van der Waals surface area contributed by atoms with Gasteiger partial charge in [-0.3, -0.25) is 9.67 Å². The number of benzene rings is 3. The first-order chi connectivity index (χ1) is 17.4. The summed E-state index contributed by atoms with van der Waals surface area (Å²) in [7, 11) is 1.81. The van der Waals surface area contributed by atoms with Gasteiger partial charge in [-0.05, 0) is 35.9 Å². The highest BCUT2D eigenvalue weighted by Gasteiger charge is 2.20. The minimum atomic E-state index is -0.534. The van der Waals surface area contributed by atoms with Gasteiger partial charge in [-0.15, -0.1) is 5.10 Å². The summed E-state index contributed by atoms with van der Waals surface area (Å²) in [5.74, 6) is -0.534. The van der Waals surface area contributed by atoms with Crippen LogP contribution >= 0.6 is 23.2 Å². The molecule has 0 saturated heterocycles. The Balaban J connectivity index is 1.62. The predicted molar refractivity (Wildman–Crippen MR) is 139 cm³/mol. The number of halogens is 3. The Labute approximate surface area is 216 Å². The van der Waals surface area contributed by atoms with Crippen LogP contribution in [0, 0.1) is 17.1 Å². The summed E-state index contributed by atoms with van der Waals surface area (Å²) < 4.78 is 15.3. The van der Waals surface area contributed by atoms with Crippen LogP contribution in [0.1, 0.15) is 22.9 Å². The third-order valence-corrected chi connectivity index (χ3v) is 6.17. The molecule has 0 saturated carbocycles. The summed E-state index contributed by atoms with van der Waals surface area (Å²) in [5, 5.41) is 25.8. The molecule has 10 heteroatoms. The smallest absolute Gasteiger partial charge is 0.141 e. The number of anilines is 3. The Kier molecular flexibility index (Phi) is 6.42. The van der Waals surface area contributed by atoms with Crippen molar-refractivity contribution in [3.8, 4) is 6.07 Å². The van der Waals surface area contributed by atoms with Crippen molar-refractivity contribution in [1.29, 1.82) is 5.26 Å². The molecule has 0 aliphatic heterocycles. The average molecular weight is 518 g/mol. The lowest BCUT2D eigenvalue weighted by molar-refractivity contribution is 0.628. The van der Waals surface area contributed by atoms with Gasteiger partial charge in [-0.25, -0.2) is 4.39 Å². The lowest BCUT2D eigenvalue weighted by atomic mass is 10.0. The Bertz CT molecular complexity index is 1610. The number of nitrogens with zero attached hydrogens (tertiary/aromatic N) is 5. The molecule has 2 aromatic heterocycles. The minimum absolute atomic E-state index is 0.0352. The van der Waals surface area contributed by atoms with Gasteiger partial charge < -0.3 is 10.6 Å². The molecule has 0 bridgehead atoms. The van der Waals surface area contributed by atoms with E-state index in [2.05, 4.69) is 32.0 Å². The van der Waals surface area contributed by atoms with Crippen molar-refractivity contribution in [2.75, 3.05) is 10.6 Å². The van der Waals surface area contributed by atoms with Crippen LogP contribution in [-0.2, 0) is 7.05 Å². The lowest BCUT2D eigenvalue weighted by Gasteiger charge is -2.20. The van der Waals surface area contributed by atoms with Crippen molar-refractivity contribution in [3.05, 3.63) is 106 Å². The van der Waals surface area contributed by atoms with E-state index in [1.807, 2.05) is 42.6 Å². The number of nitrogens with one attached hydrogen (secondary N) is 2. The van der Waals surface area contributed by atoms with Crippen LogP contribution in [-0.4, -0.2) is 20.0 Å². The summed E-state index contributed by atoms with van der Waals surface area (Å²) in [4.78, 5) is 4.39. The number of hydrogen-bond acceptors (Lipinski definition) is 6. The lowest BCUT2D eigenvalue weighted by Crippen LogP contribution is -2.13. The quantitative estimate of drug-likeness (QED) is 0.262. The normalized spacial score (nSPS) is 11.8. The van der Waals surface area contributed by atoms with Gasteiger partial charge in [-0.2, -0.15) is 5.26 Å². The van der Waals surface area contributed by atoms with E-state index in [9.17, 15) is 9.65 Å². The highest BCUT2D eigenvalue weighted by molar-refractivity contribution is 6.36. The third-order valence-electron chi connectivity index (χ3n) is 5.59. The standard InChI is InChI=1S/C26H18Cl2FN7/c1-36-14-23(34-35-36)25(15-5-3-2-4-6-15)33-18-9-19-24(32-17-7-8-22(29)20(27)10-17)16(12-30)13-31-26(19)21(28)11-18/h2-11,13-14,25,33H,1H3,(H,31,32). The number of fused-ring (bicyclic) bond motifs is 1. The first-order valence-electron chi connectivity index (χ1n) is 10.8. The maximum absolute atomic E-state index is 13.7. The number of pyridine rings is 1. The van der Waals surface area contributed by atoms with Gasteiger partial charge in [0.25, 0.3) is 0 Å². The molecule has 3 aromatic carbocycles. The van der Waals surface area contributed by atoms with Gasteiger partial charge in [0.1, 0.15) is 17.6 Å². The summed E-state index contributed by atoms with van der Waals surface area (Å²) in [6, 6.07) is 19.6. The van der Waals surface area contributed by atoms with Crippen LogP contribution in [0.4, 0.5) is 21.5 Å². The Morgan fingerprint density at radius 2 is 1.81 bits per heavy atom. The van der Waals surface area contributed by atoms with E-state index in [0.717, 1.165) is 11.3 Å². The second kappa shape index (κ2) is 9.82. The fraction of sp³-hybridized carbons (Fsp3) is 0.0769. The molecule has 2 heterocycles. The van der Waals surface area contributed by atoms with E-state index in [4.69, 9.17) is 23.2 Å². The molecule has 1 unspecified atom stereocenters. The van der Waals surface area contributed by atoms with Crippen LogP contribution < -0.4 is 10.6 Å². The Morgan fingerprint density at radius 3 is 2.50 bits per heavy atom. The topological polar surface area (TPSA) is 91.5 Å². The largest absolute Gasteiger partial charge is 0.373 e. The van der Waals surface area contributed by atoms with Gasteiger partial charge in [0, 0.05) is 30.0 Å². The highest BCUT2D eigenvalue weighted by Crippen LogP contribution is 2.37. The van der Waals surface area contributed by atoms with Gasteiger partial charge in [0.2, 0.25) is 0 Å². The molecule has 0 aliphatic rings. The second-order valence-electron chi connectivity index (χ2n) is 8.07. The molecule has 0 aliphatic carbocycles. The van der Waals surface area contributed by atoms with E-state index < -0.39 is 5.82 Å². The zero-order valence-electron chi connectivity index (χ0n) is 18.9. The van der Waals surface area contributed by atoms with Crippen LogP contribution in [0.15, 0.2) is 73.1 Å². The summed E-state index contributed by atoms with van der Waals surface area (Å²) in [6.07, 6.45) is 3.29. The molecule has 7 nitrogen and oxygen atoms in total. The maximum atomic E-state index is 13.7. The number of aromatic nitrogens is 4. The number of rotatable bonds is 6.